The number of fused-ring (bicyclic) bond motifs is 1. The Hall–Kier alpha value is -2.16. The molecule has 1 fully saturated rings. The molecule has 4 rings (SSSR count). The number of hydrogen-bond acceptors (Lipinski definition) is 6. The lowest BCUT2D eigenvalue weighted by molar-refractivity contribution is 0.122. The van der Waals surface area contributed by atoms with E-state index in [1.807, 2.05) is 23.1 Å². The van der Waals surface area contributed by atoms with E-state index in [1.165, 1.54) is 10.3 Å². The van der Waals surface area contributed by atoms with Crippen molar-refractivity contribution in [3.05, 3.63) is 53.4 Å². The van der Waals surface area contributed by atoms with E-state index < -0.39 is 10.0 Å². The van der Waals surface area contributed by atoms with Gasteiger partial charge in [-0.25, -0.2) is 22.4 Å². The van der Waals surface area contributed by atoms with Crippen molar-refractivity contribution in [3.63, 3.8) is 0 Å². The molecule has 1 aliphatic rings. The van der Waals surface area contributed by atoms with Crippen LogP contribution in [-0.4, -0.2) is 48.7 Å². The van der Waals surface area contributed by atoms with Crippen LogP contribution in [0.15, 0.2) is 42.7 Å². The first kappa shape index (κ1) is 17.3. The maximum atomic E-state index is 13.3. The van der Waals surface area contributed by atoms with Gasteiger partial charge in [-0.1, -0.05) is 41.9 Å². The molecule has 0 N–H and O–H groups in total. The first-order chi connectivity index (χ1) is 12.6. The van der Waals surface area contributed by atoms with E-state index >= 15 is 0 Å². The van der Waals surface area contributed by atoms with Crippen LogP contribution in [-0.2, 0) is 20.5 Å². The van der Waals surface area contributed by atoms with Crippen LogP contribution in [0.2, 0.25) is 5.15 Å². The molecule has 136 valence electrons. The fourth-order valence-electron chi connectivity index (χ4n) is 3.08. The maximum Gasteiger partial charge on any atom is 0.246 e. The molecule has 0 bridgehead atoms. The van der Waals surface area contributed by atoms with Gasteiger partial charge in [-0.05, 0) is 11.6 Å². The maximum absolute atomic E-state index is 13.3. The summed E-state index contributed by atoms with van der Waals surface area (Å²) in [7, 11) is -3.71. The van der Waals surface area contributed by atoms with Crippen LogP contribution < -0.4 is 4.90 Å². The molecule has 0 spiro atoms. The van der Waals surface area contributed by atoms with E-state index in [1.54, 1.807) is 18.2 Å². The van der Waals surface area contributed by atoms with Gasteiger partial charge in [0.2, 0.25) is 10.0 Å². The smallest absolute Gasteiger partial charge is 0.246 e. The quantitative estimate of drug-likeness (QED) is 0.634. The monoisotopic (exact) mass is 392 g/mol. The van der Waals surface area contributed by atoms with E-state index in [-0.39, 0.29) is 10.9 Å². The van der Waals surface area contributed by atoms with Crippen molar-refractivity contribution >= 4 is 38.5 Å². The third-order valence-electron chi connectivity index (χ3n) is 4.29. The average molecular weight is 393 g/mol. The molecular formula is C17H17ClN4O3S. The second-order valence-corrected chi connectivity index (χ2v) is 8.19. The number of benzene rings is 1. The first-order valence-electron chi connectivity index (χ1n) is 8.18. The Morgan fingerprint density at radius 2 is 1.85 bits per heavy atom. The second kappa shape index (κ2) is 6.86. The van der Waals surface area contributed by atoms with Gasteiger partial charge >= 0.3 is 0 Å². The summed E-state index contributed by atoms with van der Waals surface area (Å²) >= 11 is 6.19. The molecule has 0 saturated carbocycles. The number of aromatic nitrogens is 3. The van der Waals surface area contributed by atoms with E-state index in [2.05, 4.69) is 9.97 Å². The fraction of sp³-hybridized carbons (Fsp3) is 0.294. The number of hydrogen-bond donors (Lipinski definition) is 0. The lowest BCUT2D eigenvalue weighted by Crippen LogP contribution is -2.38. The topological polar surface area (TPSA) is 77.3 Å². The molecule has 0 aliphatic carbocycles. The number of halogens is 1. The lowest BCUT2D eigenvalue weighted by atomic mass is 10.2. The molecule has 1 aromatic carbocycles. The van der Waals surface area contributed by atoms with Crippen molar-refractivity contribution in [1.82, 2.24) is 13.9 Å². The second-order valence-electron chi connectivity index (χ2n) is 6.01. The Bertz CT molecular complexity index is 1030. The fourth-order valence-corrected chi connectivity index (χ4v) is 4.87. The standard InChI is InChI=1S/C17H17ClN4O3S/c18-16-14-10-15(21-6-8-25-9-7-21)22(17(14)20-12-19-16)26(23,24)11-13-4-2-1-3-5-13/h1-5,10,12H,6-9,11H2. The van der Waals surface area contributed by atoms with Gasteiger partial charge in [-0.3, -0.25) is 0 Å². The van der Waals surface area contributed by atoms with Gasteiger partial charge in [-0.2, -0.15) is 0 Å². The van der Waals surface area contributed by atoms with Crippen molar-refractivity contribution in [1.29, 1.82) is 0 Å². The summed E-state index contributed by atoms with van der Waals surface area (Å²) in [6, 6.07) is 10.8. The normalized spacial score (nSPS) is 15.5. The zero-order chi connectivity index (χ0) is 18.1. The number of anilines is 1. The largest absolute Gasteiger partial charge is 0.378 e. The molecule has 7 nitrogen and oxygen atoms in total. The SMILES string of the molecule is O=S(=O)(Cc1ccccc1)n1c(N2CCOCC2)cc2c(Cl)ncnc21. The summed E-state index contributed by atoms with van der Waals surface area (Å²) in [5, 5.41) is 0.755. The summed E-state index contributed by atoms with van der Waals surface area (Å²) in [5.41, 5.74) is 1.00. The van der Waals surface area contributed by atoms with Crippen molar-refractivity contribution in [2.75, 3.05) is 31.2 Å². The third kappa shape index (κ3) is 3.15. The molecule has 2 aromatic heterocycles. The van der Waals surface area contributed by atoms with Gasteiger partial charge in [0.15, 0.2) is 5.65 Å². The van der Waals surface area contributed by atoms with Crippen molar-refractivity contribution < 1.29 is 13.2 Å². The van der Waals surface area contributed by atoms with Gasteiger partial charge in [0, 0.05) is 13.1 Å². The van der Waals surface area contributed by atoms with Crippen LogP contribution in [0.4, 0.5) is 5.82 Å². The minimum atomic E-state index is -3.71. The summed E-state index contributed by atoms with van der Waals surface area (Å²) in [4.78, 5) is 10.1. The van der Waals surface area contributed by atoms with Crippen molar-refractivity contribution in [3.8, 4) is 0 Å². The number of rotatable bonds is 4. The van der Waals surface area contributed by atoms with Gasteiger partial charge in [0.1, 0.15) is 17.3 Å². The highest BCUT2D eigenvalue weighted by Crippen LogP contribution is 2.32. The molecular weight excluding hydrogens is 376 g/mol. The highest BCUT2D eigenvalue weighted by Gasteiger charge is 2.27. The highest BCUT2D eigenvalue weighted by molar-refractivity contribution is 7.89. The molecule has 0 unspecified atom stereocenters. The Labute approximate surface area is 156 Å². The molecule has 1 saturated heterocycles. The van der Waals surface area contributed by atoms with Gasteiger partial charge in [0.05, 0.1) is 24.4 Å². The van der Waals surface area contributed by atoms with Crippen LogP contribution in [0.25, 0.3) is 11.0 Å². The Kier molecular flexibility index (Phi) is 4.56. The zero-order valence-corrected chi connectivity index (χ0v) is 15.4. The average Bonchev–Trinajstić information content (AvgIpc) is 3.05. The van der Waals surface area contributed by atoms with E-state index in [9.17, 15) is 8.42 Å². The summed E-state index contributed by atoms with van der Waals surface area (Å²) in [6.45, 7) is 2.28. The number of ether oxygens (including phenoxy) is 1. The summed E-state index contributed by atoms with van der Waals surface area (Å²) in [5.74, 6) is 0.415. The number of nitrogens with zero attached hydrogens (tertiary/aromatic N) is 4. The van der Waals surface area contributed by atoms with Crippen LogP contribution in [0.1, 0.15) is 5.56 Å². The minimum Gasteiger partial charge on any atom is -0.378 e. The lowest BCUT2D eigenvalue weighted by Gasteiger charge is -2.29. The van der Waals surface area contributed by atoms with Gasteiger partial charge in [0.25, 0.3) is 0 Å². The minimum absolute atomic E-state index is 0.128. The van der Waals surface area contributed by atoms with Crippen LogP contribution in [0, 0.1) is 0 Å². The molecule has 0 amide bonds. The molecule has 3 aromatic rings. The molecule has 26 heavy (non-hydrogen) atoms. The Balaban J connectivity index is 1.87. The van der Waals surface area contributed by atoms with Crippen molar-refractivity contribution in [2.45, 2.75) is 5.75 Å². The van der Waals surface area contributed by atoms with Crippen LogP contribution >= 0.6 is 11.6 Å². The van der Waals surface area contributed by atoms with Crippen LogP contribution in [0.3, 0.4) is 0 Å². The summed E-state index contributed by atoms with van der Waals surface area (Å²) in [6.07, 6.45) is 1.28. The molecule has 9 heteroatoms. The third-order valence-corrected chi connectivity index (χ3v) is 6.21. The molecule has 0 radical (unpaired) electrons. The Morgan fingerprint density at radius 1 is 1.12 bits per heavy atom. The van der Waals surface area contributed by atoms with E-state index in [0.29, 0.717) is 48.7 Å². The molecule has 1 aliphatic heterocycles. The molecule has 3 heterocycles. The predicted octanol–water partition coefficient (Wildman–Crippen LogP) is 2.30. The van der Waals surface area contributed by atoms with Gasteiger partial charge < -0.3 is 9.64 Å². The van der Waals surface area contributed by atoms with Crippen LogP contribution in [0.5, 0.6) is 0 Å². The van der Waals surface area contributed by atoms with E-state index in [0.717, 1.165) is 0 Å². The Morgan fingerprint density at radius 3 is 2.58 bits per heavy atom. The summed E-state index contributed by atoms with van der Waals surface area (Å²) < 4.78 is 33.2. The van der Waals surface area contributed by atoms with E-state index in [4.69, 9.17) is 16.3 Å². The molecule has 0 atom stereocenters. The highest BCUT2D eigenvalue weighted by atomic mass is 35.5. The predicted molar refractivity (Wildman–Crippen MR) is 100 cm³/mol. The van der Waals surface area contributed by atoms with Crippen molar-refractivity contribution in [2.24, 2.45) is 0 Å². The zero-order valence-electron chi connectivity index (χ0n) is 13.9. The first-order valence-corrected chi connectivity index (χ1v) is 10.2. The van der Waals surface area contributed by atoms with Gasteiger partial charge in [-0.15, -0.1) is 0 Å². The number of morpholine rings is 1.